The molecule has 1 amide bonds. The number of aryl methyl sites for hydroxylation is 1. The Hall–Kier alpha value is -2.81. The zero-order valence-corrected chi connectivity index (χ0v) is 19.7. The van der Waals surface area contributed by atoms with E-state index < -0.39 is 0 Å². The van der Waals surface area contributed by atoms with Crippen LogP contribution in [0.4, 0.5) is 5.00 Å². The average Bonchev–Trinajstić information content (AvgIpc) is 3.45. The van der Waals surface area contributed by atoms with Gasteiger partial charge in [-0.25, -0.2) is 0 Å². The SMILES string of the molecule is COc1ccc([C@H](c2cc(C)sc2NC(=O)c2ccco2)N2CCN(C)CC2)cc1OC. The number of methoxy groups -OCH3 is 2. The summed E-state index contributed by atoms with van der Waals surface area (Å²) in [7, 11) is 5.43. The molecule has 1 saturated heterocycles. The molecule has 3 heterocycles. The van der Waals surface area contributed by atoms with Gasteiger partial charge in [0, 0.05) is 36.6 Å². The van der Waals surface area contributed by atoms with Crippen LogP contribution in [-0.4, -0.2) is 63.2 Å². The van der Waals surface area contributed by atoms with Crippen LogP contribution in [0.1, 0.15) is 32.6 Å². The number of hydrogen-bond acceptors (Lipinski definition) is 7. The molecule has 1 aromatic carbocycles. The van der Waals surface area contributed by atoms with Crippen molar-refractivity contribution in [2.45, 2.75) is 13.0 Å². The molecule has 32 heavy (non-hydrogen) atoms. The molecule has 0 bridgehead atoms. The number of nitrogens with zero attached hydrogens (tertiary/aromatic N) is 2. The lowest BCUT2D eigenvalue weighted by atomic mass is 9.97. The summed E-state index contributed by atoms with van der Waals surface area (Å²) in [5.74, 6) is 1.44. The lowest BCUT2D eigenvalue weighted by Crippen LogP contribution is -2.46. The first-order valence-corrected chi connectivity index (χ1v) is 11.4. The van der Waals surface area contributed by atoms with E-state index in [1.54, 1.807) is 37.7 Å². The summed E-state index contributed by atoms with van der Waals surface area (Å²) in [6.07, 6.45) is 1.51. The molecule has 170 valence electrons. The summed E-state index contributed by atoms with van der Waals surface area (Å²) >= 11 is 1.58. The number of piperazine rings is 1. The van der Waals surface area contributed by atoms with E-state index in [1.807, 2.05) is 12.1 Å². The van der Waals surface area contributed by atoms with Crippen molar-refractivity contribution in [1.29, 1.82) is 0 Å². The van der Waals surface area contributed by atoms with Gasteiger partial charge in [0.1, 0.15) is 5.00 Å². The summed E-state index contributed by atoms with van der Waals surface area (Å²) in [4.78, 5) is 18.7. The number of ether oxygens (including phenoxy) is 2. The molecule has 2 aromatic heterocycles. The van der Waals surface area contributed by atoms with E-state index in [0.717, 1.165) is 47.2 Å². The summed E-state index contributed by atoms with van der Waals surface area (Å²) in [6, 6.07) is 11.6. The number of anilines is 1. The molecule has 1 N–H and O–H groups in total. The topological polar surface area (TPSA) is 67.2 Å². The van der Waals surface area contributed by atoms with Gasteiger partial charge in [0.25, 0.3) is 5.91 Å². The summed E-state index contributed by atoms with van der Waals surface area (Å²) in [5, 5.41) is 3.91. The van der Waals surface area contributed by atoms with Crippen LogP contribution in [0.5, 0.6) is 11.5 Å². The first-order chi connectivity index (χ1) is 15.5. The lowest BCUT2D eigenvalue weighted by molar-refractivity contribution is 0.0996. The smallest absolute Gasteiger partial charge is 0.291 e. The van der Waals surface area contributed by atoms with Gasteiger partial charge in [0.2, 0.25) is 0 Å². The van der Waals surface area contributed by atoms with Crippen LogP contribution in [0.15, 0.2) is 47.1 Å². The molecule has 0 spiro atoms. The molecule has 0 saturated carbocycles. The van der Waals surface area contributed by atoms with E-state index in [0.29, 0.717) is 17.3 Å². The van der Waals surface area contributed by atoms with Crippen molar-refractivity contribution in [3.8, 4) is 11.5 Å². The van der Waals surface area contributed by atoms with Crippen LogP contribution in [0.25, 0.3) is 0 Å². The number of likely N-dealkylation sites (N-methyl/N-ethyl adjacent to an activating group) is 1. The van der Waals surface area contributed by atoms with E-state index in [2.05, 4.69) is 41.2 Å². The van der Waals surface area contributed by atoms with Crippen molar-refractivity contribution in [2.24, 2.45) is 0 Å². The summed E-state index contributed by atoms with van der Waals surface area (Å²) < 4.78 is 16.3. The van der Waals surface area contributed by atoms with E-state index in [9.17, 15) is 4.79 Å². The second-order valence-corrected chi connectivity index (χ2v) is 9.19. The van der Waals surface area contributed by atoms with Gasteiger partial charge < -0.3 is 24.1 Å². The lowest BCUT2D eigenvalue weighted by Gasteiger charge is -2.38. The number of carbonyl (C=O) groups excluding carboxylic acids is 1. The maximum absolute atomic E-state index is 12.7. The molecule has 3 aromatic rings. The number of furan rings is 1. The molecule has 0 radical (unpaired) electrons. The second-order valence-electron chi connectivity index (χ2n) is 7.93. The molecule has 4 rings (SSSR count). The Balaban J connectivity index is 1.75. The van der Waals surface area contributed by atoms with Gasteiger partial charge in [-0.05, 0) is 49.9 Å². The van der Waals surface area contributed by atoms with Gasteiger partial charge in [-0.15, -0.1) is 11.3 Å². The predicted molar refractivity (Wildman–Crippen MR) is 126 cm³/mol. The third-order valence-electron chi connectivity index (χ3n) is 5.78. The van der Waals surface area contributed by atoms with E-state index in [-0.39, 0.29) is 11.9 Å². The Morgan fingerprint density at radius 3 is 2.50 bits per heavy atom. The highest BCUT2D eigenvalue weighted by molar-refractivity contribution is 7.16. The van der Waals surface area contributed by atoms with Crippen molar-refractivity contribution in [3.63, 3.8) is 0 Å². The number of amides is 1. The number of carbonyl (C=O) groups is 1. The normalized spacial score (nSPS) is 16.0. The predicted octanol–water partition coefficient (Wildman–Crippen LogP) is 4.26. The van der Waals surface area contributed by atoms with Gasteiger partial charge in [-0.2, -0.15) is 0 Å². The molecular weight excluding hydrogens is 426 g/mol. The molecule has 0 aliphatic carbocycles. The van der Waals surface area contributed by atoms with Crippen molar-refractivity contribution < 1.29 is 18.7 Å². The molecule has 1 atom stereocenters. The van der Waals surface area contributed by atoms with Crippen molar-refractivity contribution >= 4 is 22.2 Å². The molecule has 1 aliphatic rings. The Morgan fingerprint density at radius 2 is 1.84 bits per heavy atom. The van der Waals surface area contributed by atoms with E-state index in [4.69, 9.17) is 13.9 Å². The average molecular weight is 456 g/mol. The van der Waals surface area contributed by atoms with Crippen LogP contribution in [0.3, 0.4) is 0 Å². The van der Waals surface area contributed by atoms with Crippen LogP contribution < -0.4 is 14.8 Å². The van der Waals surface area contributed by atoms with Crippen molar-refractivity contribution in [2.75, 3.05) is 52.8 Å². The van der Waals surface area contributed by atoms with E-state index in [1.165, 1.54) is 6.26 Å². The van der Waals surface area contributed by atoms with Crippen LogP contribution in [-0.2, 0) is 0 Å². The number of hydrogen-bond donors (Lipinski definition) is 1. The Kier molecular flexibility index (Phi) is 6.83. The fourth-order valence-corrected chi connectivity index (χ4v) is 5.04. The molecule has 1 aliphatic heterocycles. The molecule has 7 nitrogen and oxygen atoms in total. The monoisotopic (exact) mass is 455 g/mol. The number of benzene rings is 1. The third-order valence-corrected chi connectivity index (χ3v) is 6.76. The minimum atomic E-state index is -0.248. The Bertz CT molecular complexity index is 1060. The first-order valence-electron chi connectivity index (χ1n) is 10.6. The number of rotatable bonds is 7. The van der Waals surface area contributed by atoms with E-state index >= 15 is 0 Å². The van der Waals surface area contributed by atoms with Crippen LogP contribution >= 0.6 is 11.3 Å². The maximum Gasteiger partial charge on any atom is 0.291 e. The summed E-state index contributed by atoms with van der Waals surface area (Å²) in [6.45, 7) is 5.89. The Labute approximate surface area is 192 Å². The standard InChI is InChI=1S/C24H29N3O4S/c1-16-14-18(24(32-16)25-23(28)20-6-5-13-31-20)22(27-11-9-26(2)10-12-27)17-7-8-19(29-3)21(15-17)30-4/h5-8,13-15,22H,9-12H2,1-4H3,(H,25,28)/t22-/m1/s1. The number of thiophene rings is 1. The highest BCUT2D eigenvalue weighted by atomic mass is 32.1. The zero-order valence-electron chi connectivity index (χ0n) is 18.9. The van der Waals surface area contributed by atoms with Gasteiger partial charge in [-0.1, -0.05) is 6.07 Å². The van der Waals surface area contributed by atoms with Gasteiger partial charge in [-0.3, -0.25) is 9.69 Å². The number of nitrogens with one attached hydrogen (secondary N) is 1. The molecular formula is C24H29N3O4S. The first kappa shape index (κ1) is 22.4. The van der Waals surface area contributed by atoms with Crippen LogP contribution in [0.2, 0.25) is 0 Å². The highest BCUT2D eigenvalue weighted by Crippen LogP contribution is 2.41. The molecule has 1 fully saturated rings. The van der Waals surface area contributed by atoms with Crippen molar-refractivity contribution in [1.82, 2.24) is 9.80 Å². The van der Waals surface area contributed by atoms with Crippen molar-refractivity contribution in [3.05, 3.63) is 64.4 Å². The third kappa shape index (κ3) is 4.67. The zero-order chi connectivity index (χ0) is 22.7. The fraction of sp³-hybridized carbons (Fsp3) is 0.375. The fourth-order valence-electron chi connectivity index (χ4n) is 4.10. The minimum absolute atomic E-state index is 0.0274. The quantitative estimate of drug-likeness (QED) is 0.574. The minimum Gasteiger partial charge on any atom is -0.493 e. The maximum atomic E-state index is 12.7. The largest absolute Gasteiger partial charge is 0.493 e. The Morgan fingerprint density at radius 1 is 1.09 bits per heavy atom. The highest BCUT2D eigenvalue weighted by Gasteiger charge is 2.30. The van der Waals surface area contributed by atoms with Gasteiger partial charge in [0.15, 0.2) is 17.3 Å². The molecule has 0 unspecified atom stereocenters. The second kappa shape index (κ2) is 9.77. The van der Waals surface area contributed by atoms with Gasteiger partial charge >= 0.3 is 0 Å². The van der Waals surface area contributed by atoms with Gasteiger partial charge in [0.05, 0.1) is 26.5 Å². The molecule has 8 heteroatoms. The van der Waals surface area contributed by atoms with Crippen LogP contribution in [0, 0.1) is 6.92 Å². The summed E-state index contributed by atoms with van der Waals surface area (Å²) in [5.41, 5.74) is 2.17.